The molecule has 0 unspecified atom stereocenters. The number of hydrogen-bond acceptors (Lipinski definition) is 4. The second kappa shape index (κ2) is 9.37. The number of nitrogens with one attached hydrogen (secondary N) is 1. The van der Waals surface area contributed by atoms with Crippen molar-refractivity contribution >= 4 is 35.1 Å². The van der Waals surface area contributed by atoms with Crippen molar-refractivity contribution in [3.63, 3.8) is 0 Å². The van der Waals surface area contributed by atoms with Crippen LogP contribution in [0.15, 0.2) is 48.5 Å². The van der Waals surface area contributed by atoms with Gasteiger partial charge in [-0.25, -0.2) is 4.79 Å². The van der Waals surface area contributed by atoms with Crippen molar-refractivity contribution in [2.75, 3.05) is 24.6 Å². The van der Waals surface area contributed by atoms with Gasteiger partial charge in [0, 0.05) is 30.2 Å². The second-order valence-electron chi connectivity index (χ2n) is 6.50. The minimum Gasteiger partial charge on any atom is -0.452 e. The molecule has 7 heteroatoms. The van der Waals surface area contributed by atoms with Gasteiger partial charge in [-0.1, -0.05) is 23.7 Å². The van der Waals surface area contributed by atoms with Gasteiger partial charge in [-0.15, -0.1) is 0 Å². The molecule has 1 aliphatic heterocycles. The number of carbonyl (C=O) groups is 3. The Morgan fingerprint density at radius 1 is 1.07 bits per heavy atom. The molecule has 0 saturated carbocycles. The SMILES string of the molecule is O=C(COC(=O)c1ccc(N2CCCC2=O)cc1)NCCc1ccc(Cl)cc1. The summed E-state index contributed by atoms with van der Waals surface area (Å²) in [4.78, 5) is 37.4. The number of rotatable bonds is 7. The van der Waals surface area contributed by atoms with Gasteiger partial charge in [0.05, 0.1) is 5.56 Å². The molecule has 2 amide bonds. The Morgan fingerprint density at radius 2 is 1.79 bits per heavy atom. The third-order valence-electron chi connectivity index (χ3n) is 4.47. The lowest BCUT2D eigenvalue weighted by Gasteiger charge is -2.15. The van der Waals surface area contributed by atoms with E-state index in [1.165, 1.54) is 0 Å². The maximum Gasteiger partial charge on any atom is 0.338 e. The lowest BCUT2D eigenvalue weighted by Crippen LogP contribution is -2.30. The van der Waals surface area contributed by atoms with Crippen LogP contribution in [0.25, 0.3) is 0 Å². The number of benzene rings is 2. The molecule has 146 valence electrons. The van der Waals surface area contributed by atoms with E-state index >= 15 is 0 Å². The highest BCUT2D eigenvalue weighted by atomic mass is 35.5. The van der Waals surface area contributed by atoms with E-state index in [2.05, 4.69) is 5.32 Å². The van der Waals surface area contributed by atoms with Crippen LogP contribution in [0.4, 0.5) is 5.69 Å². The van der Waals surface area contributed by atoms with Crippen molar-refractivity contribution in [2.45, 2.75) is 19.3 Å². The number of hydrogen-bond donors (Lipinski definition) is 1. The standard InChI is InChI=1S/C21H21ClN2O4/c22-17-7-3-15(4-8-17)11-12-23-19(25)14-28-21(27)16-5-9-18(10-6-16)24-13-1-2-20(24)26/h3-10H,1-2,11-14H2,(H,23,25). The van der Waals surface area contributed by atoms with Crippen LogP contribution in [-0.4, -0.2) is 37.5 Å². The average Bonchev–Trinajstić information content (AvgIpc) is 3.13. The van der Waals surface area contributed by atoms with Crippen LogP contribution in [0.1, 0.15) is 28.8 Å². The summed E-state index contributed by atoms with van der Waals surface area (Å²) in [5, 5.41) is 3.38. The lowest BCUT2D eigenvalue weighted by atomic mass is 10.1. The van der Waals surface area contributed by atoms with Crippen molar-refractivity contribution in [1.29, 1.82) is 0 Å². The van der Waals surface area contributed by atoms with E-state index in [-0.39, 0.29) is 18.4 Å². The fraction of sp³-hybridized carbons (Fsp3) is 0.286. The molecule has 0 bridgehead atoms. The van der Waals surface area contributed by atoms with Gasteiger partial charge in [-0.05, 0) is 54.8 Å². The summed E-state index contributed by atoms with van der Waals surface area (Å²) in [5.41, 5.74) is 2.15. The van der Waals surface area contributed by atoms with Crippen LogP contribution in [0.5, 0.6) is 0 Å². The average molecular weight is 401 g/mol. The number of halogens is 1. The molecule has 0 atom stereocenters. The normalized spacial score (nSPS) is 13.5. The molecule has 1 fully saturated rings. The van der Waals surface area contributed by atoms with Gasteiger partial charge in [0.2, 0.25) is 5.91 Å². The number of nitrogens with zero attached hydrogens (tertiary/aromatic N) is 1. The molecule has 2 aromatic rings. The molecule has 3 rings (SSSR count). The highest BCUT2D eigenvalue weighted by Crippen LogP contribution is 2.21. The van der Waals surface area contributed by atoms with Gasteiger partial charge in [0.1, 0.15) is 0 Å². The topological polar surface area (TPSA) is 75.7 Å². The first kappa shape index (κ1) is 19.9. The monoisotopic (exact) mass is 400 g/mol. The van der Waals surface area contributed by atoms with Crippen molar-refractivity contribution < 1.29 is 19.1 Å². The summed E-state index contributed by atoms with van der Waals surface area (Å²) < 4.78 is 5.05. The molecule has 1 aliphatic rings. The molecule has 6 nitrogen and oxygen atoms in total. The van der Waals surface area contributed by atoms with Gasteiger partial charge in [0.25, 0.3) is 5.91 Å². The van der Waals surface area contributed by atoms with E-state index in [9.17, 15) is 14.4 Å². The Balaban J connectivity index is 1.41. The number of amides is 2. The van der Waals surface area contributed by atoms with Crippen molar-refractivity contribution in [2.24, 2.45) is 0 Å². The zero-order valence-corrected chi connectivity index (χ0v) is 16.1. The van der Waals surface area contributed by atoms with Gasteiger partial charge >= 0.3 is 5.97 Å². The number of anilines is 1. The number of carbonyl (C=O) groups excluding carboxylic acids is 3. The van der Waals surface area contributed by atoms with Crippen LogP contribution >= 0.6 is 11.6 Å². The third kappa shape index (κ3) is 5.33. The fourth-order valence-corrected chi connectivity index (χ4v) is 3.09. The largest absolute Gasteiger partial charge is 0.452 e. The van der Waals surface area contributed by atoms with E-state index < -0.39 is 5.97 Å². The first-order valence-corrected chi connectivity index (χ1v) is 9.49. The molecule has 1 saturated heterocycles. The van der Waals surface area contributed by atoms with Gasteiger partial charge in [-0.3, -0.25) is 9.59 Å². The molecule has 0 aromatic heterocycles. The Labute approximate surface area is 168 Å². The molecule has 2 aromatic carbocycles. The molecule has 1 N–H and O–H groups in total. The zero-order chi connectivity index (χ0) is 19.9. The van der Waals surface area contributed by atoms with Crippen molar-refractivity contribution in [3.05, 3.63) is 64.7 Å². The quantitative estimate of drug-likeness (QED) is 0.725. The molecule has 28 heavy (non-hydrogen) atoms. The predicted octanol–water partition coefficient (Wildman–Crippen LogP) is 2.98. The summed E-state index contributed by atoms with van der Waals surface area (Å²) in [6, 6.07) is 14.0. The van der Waals surface area contributed by atoms with Crippen molar-refractivity contribution in [1.82, 2.24) is 5.32 Å². The van der Waals surface area contributed by atoms with Crippen LogP contribution in [0.2, 0.25) is 5.02 Å². The Bertz CT molecular complexity index is 850. The summed E-state index contributed by atoms with van der Waals surface area (Å²) in [6.45, 7) is 0.793. The van der Waals surface area contributed by atoms with Gasteiger partial charge in [0.15, 0.2) is 6.61 Å². The van der Waals surface area contributed by atoms with Gasteiger partial charge in [-0.2, -0.15) is 0 Å². The van der Waals surface area contributed by atoms with E-state index in [1.54, 1.807) is 41.3 Å². The maximum absolute atomic E-state index is 12.1. The van der Waals surface area contributed by atoms with E-state index in [4.69, 9.17) is 16.3 Å². The minimum absolute atomic E-state index is 0.0885. The van der Waals surface area contributed by atoms with E-state index in [1.807, 2.05) is 12.1 Å². The summed E-state index contributed by atoms with van der Waals surface area (Å²) in [6.07, 6.45) is 2.06. The van der Waals surface area contributed by atoms with Crippen LogP contribution in [0, 0.1) is 0 Å². The molecule has 1 heterocycles. The highest BCUT2D eigenvalue weighted by molar-refractivity contribution is 6.30. The fourth-order valence-electron chi connectivity index (χ4n) is 2.96. The van der Waals surface area contributed by atoms with Crippen molar-refractivity contribution in [3.8, 4) is 0 Å². The van der Waals surface area contributed by atoms with Gasteiger partial charge < -0.3 is 15.0 Å². The Morgan fingerprint density at radius 3 is 2.43 bits per heavy atom. The lowest BCUT2D eigenvalue weighted by molar-refractivity contribution is -0.124. The number of esters is 1. The minimum atomic E-state index is -0.577. The zero-order valence-electron chi connectivity index (χ0n) is 15.3. The Hall–Kier alpha value is -2.86. The third-order valence-corrected chi connectivity index (χ3v) is 4.72. The van der Waals surface area contributed by atoms with Crippen LogP contribution < -0.4 is 10.2 Å². The first-order valence-electron chi connectivity index (χ1n) is 9.11. The van der Waals surface area contributed by atoms with E-state index in [0.29, 0.717) is 36.5 Å². The second-order valence-corrected chi connectivity index (χ2v) is 6.93. The van der Waals surface area contributed by atoms with E-state index in [0.717, 1.165) is 17.7 Å². The molecule has 0 radical (unpaired) electrons. The summed E-state index contributed by atoms with van der Waals surface area (Å²) in [5.74, 6) is -0.848. The molecule has 0 aliphatic carbocycles. The summed E-state index contributed by atoms with van der Waals surface area (Å²) >= 11 is 5.83. The smallest absolute Gasteiger partial charge is 0.338 e. The maximum atomic E-state index is 12.1. The molecule has 0 spiro atoms. The first-order chi connectivity index (χ1) is 13.5. The predicted molar refractivity (Wildman–Crippen MR) is 106 cm³/mol. The Kier molecular flexibility index (Phi) is 6.66. The molecular formula is C21H21ClN2O4. The highest BCUT2D eigenvalue weighted by Gasteiger charge is 2.21. The number of ether oxygens (including phenoxy) is 1. The molecular weight excluding hydrogens is 380 g/mol. The van der Waals surface area contributed by atoms with Crippen LogP contribution in [-0.2, 0) is 20.7 Å². The van der Waals surface area contributed by atoms with Crippen LogP contribution in [0.3, 0.4) is 0 Å². The summed E-state index contributed by atoms with van der Waals surface area (Å²) in [7, 11) is 0.